The van der Waals surface area contributed by atoms with E-state index in [1.807, 2.05) is 0 Å². The summed E-state index contributed by atoms with van der Waals surface area (Å²) >= 11 is 0. The van der Waals surface area contributed by atoms with E-state index in [-0.39, 0.29) is 4.90 Å². The van der Waals surface area contributed by atoms with Crippen LogP contribution in [0.5, 0.6) is 0 Å². The smallest absolute Gasteiger partial charge is 0.245 e. The predicted octanol–water partition coefficient (Wildman–Crippen LogP) is 1.58. The van der Waals surface area contributed by atoms with Crippen molar-refractivity contribution < 1.29 is 12.8 Å². The van der Waals surface area contributed by atoms with E-state index < -0.39 is 15.8 Å². The molecule has 0 atom stereocenters. The minimum atomic E-state index is -3.74. The summed E-state index contributed by atoms with van der Waals surface area (Å²) in [5.41, 5.74) is 0.740. The Bertz CT molecular complexity index is 499. The molecule has 1 N–H and O–H groups in total. The van der Waals surface area contributed by atoms with Crippen molar-refractivity contribution in [3.63, 3.8) is 0 Å². The maximum absolute atomic E-state index is 13.7. The van der Waals surface area contributed by atoms with Gasteiger partial charge in [0.2, 0.25) is 10.0 Å². The van der Waals surface area contributed by atoms with Gasteiger partial charge in [-0.3, -0.25) is 0 Å². The molecule has 0 saturated carbocycles. The standard InChI is InChI=1S/C12H19FN2O2S/c1-4-15(5-2)18(16,17)12-8-10(9-14-3)6-7-11(12)13/h6-8,14H,4-5,9H2,1-3H3. The molecule has 0 fully saturated rings. The van der Waals surface area contributed by atoms with Crippen LogP contribution in [0.15, 0.2) is 23.1 Å². The summed E-state index contributed by atoms with van der Waals surface area (Å²) < 4.78 is 39.4. The van der Waals surface area contributed by atoms with Gasteiger partial charge in [0, 0.05) is 19.6 Å². The van der Waals surface area contributed by atoms with E-state index in [0.29, 0.717) is 19.6 Å². The lowest BCUT2D eigenvalue weighted by Crippen LogP contribution is -2.31. The first-order chi connectivity index (χ1) is 8.47. The SMILES string of the molecule is CCN(CC)S(=O)(=O)c1cc(CNC)ccc1F. The van der Waals surface area contributed by atoms with Gasteiger partial charge in [-0.15, -0.1) is 0 Å². The minimum Gasteiger partial charge on any atom is -0.316 e. The Morgan fingerprint density at radius 3 is 2.39 bits per heavy atom. The minimum absolute atomic E-state index is 0.251. The predicted molar refractivity (Wildman–Crippen MR) is 69.3 cm³/mol. The molecule has 1 aromatic carbocycles. The van der Waals surface area contributed by atoms with Crippen molar-refractivity contribution in [2.45, 2.75) is 25.3 Å². The summed E-state index contributed by atoms with van der Waals surface area (Å²) in [6.07, 6.45) is 0. The first-order valence-electron chi connectivity index (χ1n) is 5.90. The Kier molecular flexibility index (Phi) is 5.25. The van der Waals surface area contributed by atoms with Gasteiger partial charge in [-0.05, 0) is 24.7 Å². The van der Waals surface area contributed by atoms with Gasteiger partial charge in [0.25, 0.3) is 0 Å². The van der Waals surface area contributed by atoms with Crippen LogP contribution < -0.4 is 5.32 Å². The van der Waals surface area contributed by atoms with E-state index in [1.165, 1.54) is 16.4 Å². The molecular weight excluding hydrogens is 255 g/mol. The Balaban J connectivity index is 3.26. The molecular formula is C12H19FN2O2S. The first kappa shape index (κ1) is 15.1. The molecule has 0 saturated heterocycles. The highest BCUT2D eigenvalue weighted by Crippen LogP contribution is 2.20. The number of halogens is 1. The summed E-state index contributed by atoms with van der Waals surface area (Å²) in [4.78, 5) is -0.251. The van der Waals surface area contributed by atoms with Gasteiger partial charge in [0.15, 0.2) is 0 Å². The van der Waals surface area contributed by atoms with Gasteiger partial charge in [-0.25, -0.2) is 12.8 Å². The fraction of sp³-hybridized carbons (Fsp3) is 0.500. The molecule has 18 heavy (non-hydrogen) atoms. The molecule has 6 heteroatoms. The quantitative estimate of drug-likeness (QED) is 0.856. The third-order valence-electron chi connectivity index (χ3n) is 2.70. The molecule has 0 spiro atoms. The van der Waals surface area contributed by atoms with E-state index in [2.05, 4.69) is 5.32 Å². The molecule has 0 bridgehead atoms. The molecule has 0 unspecified atom stereocenters. The number of hydrogen-bond donors (Lipinski definition) is 1. The van der Waals surface area contributed by atoms with Crippen LogP contribution in [0.2, 0.25) is 0 Å². The van der Waals surface area contributed by atoms with Crippen LogP contribution in [0.25, 0.3) is 0 Å². The van der Waals surface area contributed by atoms with Crippen LogP contribution in [0.1, 0.15) is 19.4 Å². The first-order valence-corrected chi connectivity index (χ1v) is 7.34. The summed E-state index contributed by atoms with van der Waals surface area (Å²) in [5, 5.41) is 2.91. The molecule has 0 aliphatic rings. The van der Waals surface area contributed by atoms with Crippen LogP contribution in [-0.2, 0) is 16.6 Å². The second-order valence-corrected chi connectivity index (χ2v) is 5.79. The molecule has 1 rings (SSSR count). The number of sulfonamides is 1. The lowest BCUT2D eigenvalue weighted by Gasteiger charge is -2.19. The highest BCUT2D eigenvalue weighted by Gasteiger charge is 2.25. The monoisotopic (exact) mass is 274 g/mol. The van der Waals surface area contributed by atoms with E-state index in [9.17, 15) is 12.8 Å². The van der Waals surface area contributed by atoms with Crippen molar-refractivity contribution in [1.29, 1.82) is 0 Å². The van der Waals surface area contributed by atoms with Gasteiger partial charge >= 0.3 is 0 Å². The number of hydrogen-bond acceptors (Lipinski definition) is 3. The van der Waals surface area contributed by atoms with Gasteiger partial charge in [-0.2, -0.15) is 4.31 Å². The Morgan fingerprint density at radius 2 is 1.89 bits per heavy atom. The number of benzene rings is 1. The summed E-state index contributed by atoms with van der Waals surface area (Å²) in [7, 11) is -1.99. The second-order valence-electron chi connectivity index (χ2n) is 3.88. The van der Waals surface area contributed by atoms with Crippen LogP contribution in [-0.4, -0.2) is 32.9 Å². The highest BCUT2D eigenvalue weighted by molar-refractivity contribution is 7.89. The molecule has 0 amide bonds. The fourth-order valence-corrected chi connectivity index (χ4v) is 3.33. The Morgan fingerprint density at radius 1 is 1.28 bits per heavy atom. The zero-order valence-corrected chi connectivity index (χ0v) is 11.7. The lowest BCUT2D eigenvalue weighted by molar-refractivity contribution is 0.439. The van der Waals surface area contributed by atoms with E-state index in [4.69, 9.17) is 0 Å². The van der Waals surface area contributed by atoms with E-state index in [0.717, 1.165) is 5.56 Å². The van der Waals surface area contributed by atoms with Crippen LogP contribution in [0.3, 0.4) is 0 Å². The largest absolute Gasteiger partial charge is 0.316 e. The van der Waals surface area contributed by atoms with E-state index in [1.54, 1.807) is 27.0 Å². The zero-order valence-electron chi connectivity index (χ0n) is 10.9. The summed E-state index contributed by atoms with van der Waals surface area (Å²) in [6, 6.07) is 4.16. The number of nitrogens with zero attached hydrogens (tertiary/aromatic N) is 1. The van der Waals surface area contributed by atoms with Crippen molar-refractivity contribution in [3.8, 4) is 0 Å². The van der Waals surface area contributed by atoms with Crippen molar-refractivity contribution in [1.82, 2.24) is 9.62 Å². The van der Waals surface area contributed by atoms with Crippen molar-refractivity contribution >= 4 is 10.0 Å². The van der Waals surface area contributed by atoms with Gasteiger partial charge in [0.1, 0.15) is 10.7 Å². The molecule has 0 aliphatic heterocycles. The Hall–Kier alpha value is -0.980. The van der Waals surface area contributed by atoms with Crippen molar-refractivity contribution in [3.05, 3.63) is 29.6 Å². The van der Waals surface area contributed by atoms with Gasteiger partial charge in [0.05, 0.1) is 0 Å². The molecule has 102 valence electrons. The van der Waals surface area contributed by atoms with Crippen molar-refractivity contribution in [2.24, 2.45) is 0 Å². The molecule has 1 aromatic rings. The maximum atomic E-state index is 13.7. The third-order valence-corrected chi connectivity index (χ3v) is 4.76. The lowest BCUT2D eigenvalue weighted by atomic mass is 10.2. The molecule has 0 radical (unpaired) electrons. The van der Waals surface area contributed by atoms with Crippen molar-refractivity contribution in [2.75, 3.05) is 20.1 Å². The van der Waals surface area contributed by atoms with Gasteiger partial charge in [-0.1, -0.05) is 19.9 Å². The molecule has 0 aromatic heterocycles. The average Bonchev–Trinajstić information content (AvgIpc) is 2.33. The van der Waals surface area contributed by atoms with E-state index >= 15 is 0 Å². The molecule has 0 aliphatic carbocycles. The fourth-order valence-electron chi connectivity index (χ4n) is 1.76. The number of nitrogens with one attached hydrogen (secondary N) is 1. The van der Waals surface area contributed by atoms with Crippen LogP contribution >= 0.6 is 0 Å². The average molecular weight is 274 g/mol. The molecule has 0 heterocycles. The number of rotatable bonds is 6. The second kappa shape index (κ2) is 6.26. The molecule has 4 nitrogen and oxygen atoms in total. The van der Waals surface area contributed by atoms with Gasteiger partial charge < -0.3 is 5.32 Å². The summed E-state index contributed by atoms with van der Waals surface area (Å²) in [6.45, 7) is 4.62. The van der Waals surface area contributed by atoms with Crippen LogP contribution in [0.4, 0.5) is 4.39 Å². The third kappa shape index (κ3) is 3.07. The normalized spacial score (nSPS) is 12.1. The zero-order chi connectivity index (χ0) is 13.8. The Labute approximate surface area is 108 Å². The topological polar surface area (TPSA) is 49.4 Å². The highest BCUT2D eigenvalue weighted by atomic mass is 32.2. The summed E-state index contributed by atoms with van der Waals surface area (Å²) in [5.74, 6) is -0.707. The maximum Gasteiger partial charge on any atom is 0.245 e. The van der Waals surface area contributed by atoms with Crippen LogP contribution in [0, 0.1) is 5.82 Å².